The molecule has 27 heavy (non-hydrogen) atoms. The van der Waals surface area contributed by atoms with E-state index in [2.05, 4.69) is 45.9 Å². The van der Waals surface area contributed by atoms with Crippen LogP contribution in [-0.2, 0) is 0 Å². The summed E-state index contributed by atoms with van der Waals surface area (Å²) in [6.07, 6.45) is 1.17. The predicted molar refractivity (Wildman–Crippen MR) is 105 cm³/mol. The minimum Gasteiger partial charge on any atom is -0.486 e. The molecular weight excluding hydrogens is 342 g/mol. The zero-order valence-electron chi connectivity index (χ0n) is 15.3. The number of hydrogen-bond acceptors (Lipinski definition) is 4. The quantitative estimate of drug-likeness (QED) is 0.853. The van der Waals surface area contributed by atoms with Gasteiger partial charge >= 0.3 is 6.03 Å². The third-order valence-corrected chi connectivity index (χ3v) is 5.06. The molecule has 0 spiro atoms. The summed E-state index contributed by atoms with van der Waals surface area (Å²) in [5, 5.41) is 5.78. The summed E-state index contributed by atoms with van der Waals surface area (Å²) >= 11 is 0. The summed E-state index contributed by atoms with van der Waals surface area (Å²) in [6, 6.07) is 15.9. The molecular formula is C21H25N3O3. The van der Waals surface area contributed by atoms with Crippen LogP contribution in [0.4, 0.5) is 10.5 Å². The number of carbonyl (C=O) groups excluding carboxylic acids is 1. The smallest absolute Gasteiger partial charge is 0.319 e. The monoisotopic (exact) mass is 367 g/mol. The van der Waals surface area contributed by atoms with Crippen molar-refractivity contribution in [2.75, 3.05) is 44.7 Å². The first-order chi connectivity index (χ1) is 13.3. The number of urea groups is 1. The summed E-state index contributed by atoms with van der Waals surface area (Å²) in [4.78, 5) is 14.5. The van der Waals surface area contributed by atoms with Crippen LogP contribution in [0.25, 0.3) is 0 Å². The molecule has 2 aliphatic rings. The maximum atomic E-state index is 12.1. The highest BCUT2D eigenvalue weighted by molar-refractivity contribution is 5.89. The van der Waals surface area contributed by atoms with E-state index in [9.17, 15) is 4.79 Å². The van der Waals surface area contributed by atoms with Crippen molar-refractivity contribution in [1.29, 1.82) is 0 Å². The second kappa shape index (κ2) is 8.31. The fourth-order valence-electron chi connectivity index (χ4n) is 3.66. The minimum absolute atomic E-state index is 0.203. The highest BCUT2D eigenvalue weighted by atomic mass is 16.6. The van der Waals surface area contributed by atoms with Gasteiger partial charge in [0.2, 0.25) is 0 Å². The first-order valence-corrected chi connectivity index (χ1v) is 9.50. The maximum absolute atomic E-state index is 12.1. The third-order valence-electron chi connectivity index (χ3n) is 5.06. The number of anilines is 1. The molecule has 2 aromatic rings. The van der Waals surface area contributed by atoms with E-state index in [4.69, 9.17) is 9.47 Å². The van der Waals surface area contributed by atoms with Crippen LogP contribution in [0.2, 0.25) is 0 Å². The van der Waals surface area contributed by atoms with E-state index in [1.165, 1.54) is 12.0 Å². The van der Waals surface area contributed by atoms with Crippen molar-refractivity contribution in [2.24, 2.45) is 0 Å². The number of nitrogens with zero attached hydrogens (tertiary/aromatic N) is 1. The SMILES string of the molecule is O=C(NCCN1CCC(c2ccccc2)C1)Nc1ccc2c(c1)OCCO2. The van der Waals surface area contributed by atoms with Gasteiger partial charge in [0.15, 0.2) is 11.5 Å². The van der Waals surface area contributed by atoms with E-state index in [0.29, 0.717) is 42.9 Å². The molecule has 0 radical (unpaired) electrons. The largest absolute Gasteiger partial charge is 0.486 e. The number of likely N-dealkylation sites (tertiary alicyclic amines) is 1. The van der Waals surface area contributed by atoms with Gasteiger partial charge < -0.3 is 25.0 Å². The van der Waals surface area contributed by atoms with Gasteiger partial charge in [0, 0.05) is 31.4 Å². The van der Waals surface area contributed by atoms with Gasteiger partial charge in [-0.05, 0) is 36.6 Å². The van der Waals surface area contributed by atoms with E-state index >= 15 is 0 Å². The fourth-order valence-corrected chi connectivity index (χ4v) is 3.66. The molecule has 2 amide bonds. The molecule has 6 heteroatoms. The molecule has 0 aromatic heterocycles. The fraction of sp³-hybridized carbons (Fsp3) is 0.381. The van der Waals surface area contributed by atoms with Crippen LogP contribution in [0.15, 0.2) is 48.5 Å². The summed E-state index contributed by atoms with van der Waals surface area (Å²) in [5.41, 5.74) is 2.10. The Kier molecular flexibility index (Phi) is 5.44. The summed E-state index contributed by atoms with van der Waals surface area (Å²) in [7, 11) is 0. The maximum Gasteiger partial charge on any atom is 0.319 e. The summed E-state index contributed by atoms with van der Waals surface area (Å²) in [5.74, 6) is 1.98. The van der Waals surface area contributed by atoms with Crippen molar-refractivity contribution in [1.82, 2.24) is 10.2 Å². The molecule has 4 rings (SSSR count). The number of nitrogens with one attached hydrogen (secondary N) is 2. The van der Waals surface area contributed by atoms with Crippen LogP contribution in [-0.4, -0.2) is 50.3 Å². The lowest BCUT2D eigenvalue weighted by Gasteiger charge is -2.19. The van der Waals surface area contributed by atoms with Gasteiger partial charge in [-0.1, -0.05) is 30.3 Å². The van der Waals surface area contributed by atoms with E-state index in [-0.39, 0.29) is 6.03 Å². The number of hydrogen-bond donors (Lipinski definition) is 2. The number of carbonyl (C=O) groups is 1. The molecule has 6 nitrogen and oxygen atoms in total. The van der Waals surface area contributed by atoms with Crippen molar-refractivity contribution in [3.8, 4) is 11.5 Å². The van der Waals surface area contributed by atoms with Crippen LogP contribution in [0.1, 0.15) is 17.9 Å². The van der Waals surface area contributed by atoms with Gasteiger partial charge in [-0.2, -0.15) is 0 Å². The van der Waals surface area contributed by atoms with Gasteiger partial charge in [0.05, 0.1) is 0 Å². The molecule has 0 saturated carbocycles. The molecule has 142 valence electrons. The van der Waals surface area contributed by atoms with Gasteiger partial charge in [0.1, 0.15) is 13.2 Å². The lowest BCUT2D eigenvalue weighted by molar-refractivity contribution is 0.171. The molecule has 1 fully saturated rings. The number of ether oxygens (including phenoxy) is 2. The lowest BCUT2D eigenvalue weighted by atomic mass is 9.99. The normalized spacial score (nSPS) is 18.9. The first-order valence-electron chi connectivity index (χ1n) is 9.50. The Morgan fingerprint density at radius 2 is 1.89 bits per heavy atom. The second-order valence-electron chi connectivity index (χ2n) is 6.94. The molecule has 2 aromatic carbocycles. The van der Waals surface area contributed by atoms with Crippen molar-refractivity contribution in [2.45, 2.75) is 12.3 Å². The Morgan fingerprint density at radius 3 is 2.74 bits per heavy atom. The molecule has 1 atom stereocenters. The average molecular weight is 367 g/mol. The molecule has 1 saturated heterocycles. The van der Waals surface area contributed by atoms with Crippen molar-refractivity contribution in [3.05, 3.63) is 54.1 Å². The Bertz CT molecular complexity index is 781. The highest BCUT2D eigenvalue weighted by Gasteiger charge is 2.23. The molecule has 0 bridgehead atoms. The van der Waals surface area contributed by atoms with Gasteiger partial charge in [-0.25, -0.2) is 4.79 Å². The van der Waals surface area contributed by atoms with E-state index in [1.54, 1.807) is 6.07 Å². The zero-order valence-corrected chi connectivity index (χ0v) is 15.3. The van der Waals surface area contributed by atoms with E-state index < -0.39 is 0 Å². The van der Waals surface area contributed by atoms with E-state index in [0.717, 1.165) is 19.6 Å². The lowest BCUT2D eigenvalue weighted by Crippen LogP contribution is -2.36. The number of fused-ring (bicyclic) bond motifs is 1. The average Bonchev–Trinajstić information content (AvgIpc) is 3.17. The zero-order chi connectivity index (χ0) is 18.5. The van der Waals surface area contributed by atoms with Crippen molar-refractivity contribution in [3.63, 3.8) is 0 Å². The Labute approximate surface area is 159 Å². The molecule has 2 N–H and O–H groups in total. The standard InChI is InChI=1S/C21H25N3O3/c25-21(23-18-6-7-19-20(14-18)27-13-12-26-19)22-9-11-24-10-8-17(15-24)16-4-2-1-3-5-16/h1-7,14,17H,8-13,15H2,(H2,22,23,25). The summed E-state index contributed by atoms with van der Waals surface area (Å²) in [6.45, 7) is 4.70. The van der Waals surface area contributed by atoms with Gasteiger partial charge in [-0.3, -0.25) is 0 Å². The Balaban J connectivity index is 1.20. The number of amides is 2. The van der Waals surface area contributed by atoms with Crippen LogP contribution >= 0.6 is 0 Å². The van der Waals surface area contributed by atoms with Crippen LogP contribution in [0.5, 0.6) is 11.5 Å². The predicted octanol–water partition coefficient (Wildman–Crippen LogP) is 3.07. The topological polar surface area (TPSA) is 62.8 Å². The minimum atomic E-state index is -0.203. The molecule has 2 heterocycles. The molecule has 2 aliphatic heterocycles. The van der Waals surface area contributed by atoms with Crippen molar-refractivity contribution >= 4 is 11.7 Å². The summed E-state index contributed by atoms with van der Waals surface area (Å²) < 4.78 is 11.0. The number of rotatable bonds is 5. The van der Waals surface area contributed by atoms with Crippen LogP contribution < -0.4 is 20.1 Å². The molecule has 1 unspecified atom stereocenters. The van der Waals surface area contributed by atoms with E-state index in [1.807, 2.05) is 12.1 Å². The Morgan fingerprint density at radius 1 is 1.07 bits per heavy atom. The first kappa shape index (κ1) is 17.7. The van der Waals surface area contributed by atoms with Crippen molar-refractivity contribution < 1.29 is 14.3 Å². The second-order valence-corrected chi connectivity index (χ2v) is 6.94. The Hall–Kier alpha value is -2.73. The van der Waals surface area contributed by atoms with Gasteiger partial charge in [0.25, 0.3) is 0 Å². The third kappa shape index (κ3) is 4.52. The highest BCUT2D eigenvalue weighted by Crippen LogP contribution is 2.32. The number of benzene rings is 2. The van der Waals surface area contributed by atoms with Gasteiger partial charge in [-0.15, -0.1) is 0 Å². The van der Waals surface area contributed by atoms with Crippen LogP contribution in [0.3, 0.4) is 0 Å². The molecule has 0 aliphatic carbocycles. The van der Waals surface area contributed by atoms with Crippen LogP contribution in [0, 0.1) is 0 Å².